The smallest absolute Gasteiger partial charge is 0.250 e. The van der Waals surface area contributed by atoms with E-state index in [-0.39, 0.29) is 5.88 Å². The number of aromatic nitrogens is 1. The van der Waals surface area contributed by atoms with Crippen LogP contribution in [0.4, 0.5) is 8.78 Å². The molecular weight excluding hydrogens is 226 g/mol. The van der Waals surface area contributed by atoms with Gasteiger partial charge in [-0.05, 0) is 38.3 Å². The molecule has 1 fully saturated rings. The number of nitrogens with zero attached hydrogens (tertiary/aromatic N) is 1. The highest BCUT2D eigenvalue weighted by Crippen LogP contribution is 2.17. The summed E-state index contributed by atoms with van der Waals surface area (Å²) in [5.74, 6) is -0.972. The molecule has 0 aliphatic carbocycles. The number of halogens is 2. The molecule has 1 aliphatic heterocycles. The van der Waals surface area contributed by atoms with Gasteiger partial charge in [0, 0.05) is 6.07 Å². The quantitative estimate of drug-likeness (QED) is 0.878. The maximum Gasteiger partial charge on any atom is 0.250 e. The molecule has 1 atom stereocenters. The Morgan fingerprint density at radius 2 is 2.35 bits per heavy atom. The number of hydrogen-bond donors (Lipinski definition) is 1. The summed E-state index contributed by atoms with van der Waals surface area (Å²) >= 11 is 0. The second kappa shape index (κ2) is 5.91. The summed E-state index contributed by atoms with van der Waals surface area (Å²) < 4.78 is 31.0. The van der Waals surface area contributed by atoms with Crippen LogP contribution in [0.25, 0.3) is 0 Å². The van der Waals surface area contributed by atoms with Crippen molar-refractivity contribution in [3.05, 3.63) is 23.9 Å². The molecule has 0 aromatic carbocycles. The lowest BCUT2D eigenvalue weighted by Gasteiger charge is -2.22. The first-order chi connectivity index (χ1) is 8.25. The predicted octanol–water partition coefficient (Wildman–Crippen LogP) is 2.13. The number of hydrogen-bond acceptors (Lipinski definition) is 3. The Labute approximate surface area is 99.2 Å². The van der Waals surface area contributed by atoms with Gasteiger partial charge in [0.2, 0.25) is 0 Å². The molecule has 0 bridgehead atoms. The Morgan fingerprint density at radius 3 is 3.06 bits per heavy atom. The standard InChI is InChI=1S/C12H16F2N2O/c13-10-6-11(14)12(16-8-10)17-5-3-9-2-1-4-15-7-9/h6,8-9,15H,1-5,7H2. The predicted molar refractivity (Wildman–Crippen MR) is 59.9 cm³/mol. The minimum atomic E-state index is -0.744. The van der Waals surface area contributed by atoms with Crippen LogP contribution in [-0.4, -0.2) is 24.7 Å². The zero-order valence-corrected chi connectivity index (χ0v) is 9.59. The average molecular weight is 242 g/mol. The molecule has 0 saturated carbocycles. The van der Waals surface area contributed by atoms with Crippen LogP contribution < -0.4 is 10.1 Å². The normalized spacial score (nSPS) is 20.2. The minimum Gasteiger partial charge on any atom is -0.476 e. The summed E-state index contributed by atoms with van der Waals surface area (Å²) in [7, 11) is 0. The molecule has 2 heterocycles. The van der Waals surface area contributed by atoms with Gasteiger partial charge in [0.05, 0.1) is 12.8 Å². The second-order valence-corrected chi connectivity index (χ2v) is 4.29. The molecule has 94 valence electrons. The van der Waals surface area contributed by atoms with Crippen molar-refractivity contribution in [2.45, 2.75) is 19.3 Å². The summed E-state index contributed by atoms with van der Waals surface area (Å²) in [6.07, 6.45) is 4.18. The van der Waals surface area contributed by atoms with E-state index in [2.05, 4.69) is 10.3 Å². The fourth-order valence-electron chi connectivity index (χ4n) is 2.00. The molecule has 0 radical (unpaired) electrons. The first kappa shape index (κ1) is 12.2. The highest BCUT2D eigenvalue weighted by molar-refractivity contribution is 5.13. The molecule has 1 N–H and O–H groups in total. The van der Waals surface area contributed by atoms with Gasteiger partial charge in [0.1, 0.15) is 5.82 Å². The van der Waals surface area contributed by atoms with Gasteiger partial charge in [-0.1, -0.05) is 0 Å². The highest BCUT2D eigenvalue weighted by Gasteiger charge is 2.13. The third kappa shape index (κ3) is 3.63. The molecule has 3 nitrogen and oxygen atoms in total. The summed E-state index contributed by atoms with van der Waals surface area (Å²) in [4.78, 5) is 3.57. The van der Waals surface area contributed by atoms with Crippen molar-refractivity contribution in [3.63, 3.8) is 0 Å². The van der Waals surface area contributed by atoms with Crippen molar-refractivity contribution in [2.75, 3.05) is 19.7 Å². The van der Waals surface area contributed by atoms with Gasteiger partial charge >= 0.3 is 0 Å². The molecule has 0 spiro atoms. The molecule has 2 rings (SSSR count). The summed E-state index contributed by atoms with van der Waals surface area (Å²) in [5.41, 5.74) is 0. The van der Waals surface area contributed by atoms with Crippen molar-refractivity contribution in [1.29, 1.82) is 0 Å². The molecule has 0 amide bonds. The fourth-order valence-corrected chi connectivity index (χ4v) is 2.00. The molecule has 17 heavy (non-hydrogen) atoms. The SMILES string of the molecule is Fc1cnc(OCCC2CCCNC2)c(F)c1. The number of nitrogens with one attached hydrogen (secondary N) is 1. The second-order valence-electron chi connectivity index (χ2n) is 4.29. The Balaban J connectivity index is 1.77. The number of ether oxygens (including phenoxy) is 1. The van der Waals surface area contributed by atoms with Crippen molar-refractivity contribution in [3.8, 4) is 5.88 Å². The first-order valence-corrected chi connectivity index (χ1v) is 5.90. The summed E-state index contributed by atoms with van der Waals surface area (Å²) in [5, 5.41) is 3.31. The lowest BCUT2D eigenvalue weighted by atomic mass is 9.97. The minimum absolute atomic E-state index is 0.116. The molecule has 1 unspecified atom stereocenters. The first-order valence-electron chi connectivity index (χ1n) is 5.90. The Morgan fingerprint density at radius 1 is 1.47 bits per heavy atom. The van der Waals surface area contributed by atoms with E-state index in [1.807, 2.05) is 0 Å². The van der Waals surface area contributed by atoms with Crippen LogP contribution in [0.5, 0.6) is 5.88 Å². The molecule has 1 aromatic rings. The largest absolute Gasteiger partial charge is 0.476 e. The van der Waals surface area contributed by atoms with E-state index < -0.39 is 11.6 Å². The summed E-state index contributed by atoms with van der Waals surface area (Å²) in [6, 6.07) is 0.782. The highest BCUT2D eigenvalue weighted by atomic mass is 19.1. The van der Waals surface area contributed by atoms with E-state index in [0.29, 0.717) is 12.5 Å². The van der Waals surface area contributed by atoms with E-state index in [1.54, 1.807) is 0 Å². The molecular formula is C12H16F2N2O. The van der Waals surface area contributed by atoms with Crippen LogP contribution in [0.3, 0.4) is 0 Å². The Hall–Kier alpha value is -1.23. The topological polar surface area (TPSA) is 34.1 Å². The third-order valence-electron chi connectivity index (χ3n) is 2.94. The van der Waals surface area contributed by atoms with Crippen LogP contribution in [0, 0.1) is 17.6 Å². The number of piperidine rings is 1. The fraction of sp³-hybridized carbons (Fsp3) is 0.583. The monoisotopic (exact) mass is 242 g/mol. The lowest BCUT2D eigenvalue weighted by Crippen LogP contribution is -2.30. The van der Waals surface area contributed by atoms with E-state index >= 15 is 0 Å². The van der Waals surface area contributed by atoms with E-state index in [1.165, 1.54) is 12.8 Å². The van der Waals surface area contributed by atoms with Crippen molar-refractivity contribution in [1.82, 2.24) is 10.3 Å². The van der Waals surface area contributed by atoms with Crippen LogP contribution in [-0.2, 0) is 0 Å². The van der Waals surface area contributed by atoms with E-state index in [4.69, 9.17) is 4.74 Å². The molecule has 1 saturated heterocycles. The zero-order chi connectivity index (χ0) is 12.1. The van der Waals surface area contributed by atoms with Gasteiger partial charge in [-0.3, -0.25) is 0 Å². The van der Waals surface area contributed by atoms with Gasteiger partial charge in [-0.15, -0.1) is 0 Å². The lowest BCUT2D eigenvalue weighted by molar-refractivity contribution is 0.238. The maximum atomic E-state index is 13.2. The zero-order valence-electron chi connectivity index (χ0n) is 9.59. The van der Waals surface area contributed by atoms with E-state index in [0.717, 1.165) is 31.8 Å². The maximum absolute atomic E-state index is 13.2. The Bertz CT molecular complexity index is 368. The number of pyridine rings is 1. The van der Waals surface area contributed by atoms with Crippen molar-refractivity contribution >= 4 is 0 Å². The molecule has 5 heteroatoms. The van der Waals surface area contributed by atoms with Gasteiger partial charge in [-0.25, -0.2) is 13.8 Å². The number of rotatable bonds is 4. The molecule has 1 aromatic heterocycles. The average Bonchev–Trinajstić information content (AvgIpc) is 2.33. The van der Waals surface area contributed by atoms with E-state index in [9.17, 15) is 8.78 Å². The van der Waals surface area contributed by atoms with Gasteiger partial charge < -0.3 is 10.1 Å². The van der Waals surface area contributed by atoms with Crippen molar-refractivity contribution in [2.24, 2.45) is 5.92 Å². The molecule has 1 aliphatic rings. The van der Waals surface area contributed by atoms with Crippen LogP contribution in [0.15, 0.2) is 12.3 Å². The summed E-state index contributed by atoms with van der Waals surface area (Å²) in [6.45, 7) is 2.48. The van der Waals surface area contributed by atoms with Crippen LogP contribution >= 0.6 is 0 Å². The van der Waals surface area contributed by atoms with Gasteiger partial charge in [0.25, 0.3) is 5.88 Å². The van der Waals surface area contributed by atoms with Gasteiger partial charge in [-0.2, -0.15) is 0 Å². The third-order valence-corrected chi connectivity index (χ3v) is 2.94. The van der Waals surface area contributed by atoms with Gasteiger partial charge in [0.15, 0.2) is 5.82 Å². The van der Waals surface area contributed by atoms with Crippen LogP contribution in [0.1, 0.15) is 19.3 Å². The Kier molecular flexibility index (Phi) is 4.25. The van der Waals surface area contributed by atoms with Crippen LogP contribution in [0.2, 0.25) is 0 Å². The van der Waals surface area contributed by atoms with Crippen molar-refractivity contribution < 1.29 is 13.5 Å².